The molecule has 2 rings (SSSR count). The number of hydrogen-bond donors (Lipinski definition) is 2. The van der Waals surface area contributed by atoms with Gasteiger partial charge >= 0.3 is 0 Å². The second kappa shape index (κ2) is 6.77. The predicted octanol–water partition coefficient (Wildman–Crippen LogP) is 3.66. The van der Waals surface area contributed by atoms with Crippen LogP contribution in [0.1, 0.15) is 15.9 Å². The first kappa shape index (κ1) is 14.9. The van der Waals surface area contributed by atoms with Crippen LogP contribution in [0.5, 0.6) is 0 Å². The van der Waals surface area contributed by atoms with Gasteiger partial charge in [0.2, 0.25) is 0 Å². The molecule has 0 aliphatic carbocycles. The molecule has 5 heteroatoms. The molecule has 0 saturated carbocycles. The summed E-state index contributed by atoms with van der Waals surface area (Å²) in [5, 5.41) is 3.57. The number of amides is 1. The van der Waals surface area contributed by atoms with Gasteiger partial charge in [-0.05, 0) is 58.2 Å². The molecule has 3 nitrogen and oxygen atoms in total. The highest BCUT2D eigenvalue weighted by atomic mass is 79.9. The minimum absolute atomic E-state index is 0.147. The topological polar surface area (TPSA) is 55.1 Å². The van der Waals surface area contributed by atoms with E-state index in [1.165, 1.54) is 0 Å². The minimum Gasteiger partial charge on any atom is -0.399 e. The highest BCUT2D eigenvalue weighted by Crippen LogP contribution is 2.19. The lowest BCUT2D eigenvalue weighted by molar-refractivity contribution is 0.0953. The number of halogens is 2. The molecule has 2 aromatic carbocycles. The van der Waals surface area contributed by atoms with Gasteiger partial charge in [0.05, 0.1) is 5.56 Å². The average Bonchev–Trinajstić information content (AvgIpc) is 2.41. The molecule has 0 bridgehead atoms. The number of carbonyl (C=O) groups is 1. The molecule has 3 N–H and O–H groups in total. The van der Waals surface area contributed by atoms with E-state index in [0.717, 1.165) is 16.5 Å². The molecular weight excluding hydrogens is 340 g/mol. The molecule has 2 aromatic rings. The van der Waals surface area contributed by atoms with Gasteiger partial charge in [0.1, 0.15) is 0 Å². The summed E-state index contributed by atoms with van der Waals surface area (Å²) >= 11 is 9.26. The molecule has 104 valence electrons. The lowest BCUT2D eigenvalue weighted by Gasteiger charge is -2.08. The van der Waals surface area contributed by atoms with Crippen LogP contribution in [0.15, 0.2) is 46.9 Å². The summed E-state index contributed by atoms with van der Waals surface area (Å²) in [6.45, 7) is 0.542. The fraction of sp³-hybridized carbons (Fsp3) is 0.133. The van der Waals surface area contributed by atoms with Crippen LogP contribution in [-0.2, 0) is 6.42 Å². The average molecular weight is 354 g/mol. The zero-order valence-corrected chi connectivity index (χ0v) is 13.0. The van der Waals surface area contributed by atoms with Crippen LogP contribution in [0.2, 0.25) is 5.02 Å². The van der Waals surface area contributed by atoms with Crippen LogP contribution in [0, 0.1) is 0 Å². The quantitative estimate of drug-likeness (QED) is 0.824. The number of nitrogen functional groups attached to an aromatic ring is 1. The Hall–Kier alpha value is -1.52. The maximum atomic E-state index is 12.1. The second-order valence-electron chi connectivity index (χ2n) is 4.38. The summed E-state index contributed by atoms with van der Waals surface area (Å²) in [4.78, 5) is 12.1. The van der Waals surface area contributed by atoms with Crippen molar-refractivity contribution >= 4 is 39.1 Å². The maximum Gasteiger partial charge on any atom is 0.252 e. The Morgan fingerprint density at radius 1 is 1.25 bits per heavy atom. The number of nitrogens with two attached hydrogens (primary N) is 1. The molecule has 20 heavy (non-hydrogen) atoms. The Balaban J connectivity index is 1.94. The molecule has 0 spiro atoms. The number of benzene rings is 2. The first-order valence-corrected chi connectivity index (χ1v) is 7.31. The van der Waals surface area contributed by atoms with Crippen LogP contribution in [0.25, 0.3) is 0 Å². The molecule has 0 unspecified atom stereocenters. The van der Waals surface area contributed by atoms with E-state index in [4.69, 9.17) is 17.3 Å². The van der Waals surface area contributed by atoms with Crippen LogP contribution in [0.3, 0.4) is 0 Å². The van der Waals surface area contributed by atoms with Crippen LogP contribution < -0.4 is 11.1 Å². The molecular formula is C15H14BrClN2O. The van der Waals surface area contributed by atoms with Gasteiger partial charge in [-0.2, -0.15) is 0 Å². The molecule has 0 radical (unpaired) electrons. The fourth-order valence-electron chi connectivity index (χ4n) is 1.82. The monoisotopic (exact) mass is 352 g/mol. The summed E-state index contributed by atoms with van der Waals surface area (Å²) < 4.78 is 0.729. The summed E-state index contributed by atoms with van der Waals surface area (Å²) in [5.74, 6) is -0.147. The van der Waals surface area contributed by atoms with Crippen molar-refractivity contribution in [1.82, 2.24) is 5.32 Å². The van der Waals surface area contributed by atoms with Crippen LogP contribution in [-0.4, -0.2) is 12.5 Å². The normalized spacial score (nSPS) is 10.3. The third-order valence-electron chi connectivity index (χ3n) is 2.82. The molecule has 0 atom stereocenters. The van der Waals surface area contributed by atoms with Crippen molar-refractivity contribution in [3.8, 4) is 0 Å². The van der Waals surface area contributed by atoms with Gasteiger partial charge in [-0.15, -0.1) is 0 Å². The number of rotatable bonds is 4. The molecule has 0 heterocycles. The van der Waals surface area contributed by atoms with Crippen molar-refractivity contribution in [3.63, 3.8) is 0 Å². The minimum atomic E-state index is -0.147. The van der Waals surface area contributed by atoms with Crippen LogP contribution in [0.4, 0.5) is 5.69 Å². The van der Waals surface area contributed by atoms with E-state index < -0.39 is 0 Å². The Bertz CT molecular complexity index is 631. The number of carbonyl (C=O) groups excluding carboxylic acids is 1. The summed E-state index contributed by atoms with van der Waals surface area (Å²) in [7, 11) is 0. The standard InChI is InChI=1S/C15H14BrClN2O/c16-14-5-4-12(18)9-13(14)15(20)19-7-6-10-2-1-3-11(17)8-10/h1-5,8-9H,6-7,18H2,(H,19,20). The van der Waals surface area contributed by atoms with Gasteiger partial charge in [0.25, 0.3) is 5.91 Å². The van der Waals surface area contributed by atoms with Gasteiger partial charge in [-0.3, -0.25) is 4.79 Å². The van der Waals surface area contributed by atoms with E-state index in [2.05, 4.69) is 21.2 Å². The third-order valence-corrected chi connectivity index (χ3v) is 3.75. The van der Waals surface area contributed by atoms with E-state index in [0.29, 0.717) is 22.8 Å². The molecule has 0 saturated heterocycles. The largest absolute Gasteiger partial charge is 0.399 e. The maximum absolute atomic E-state index is 12.1. The zero-order valence-electron chi connectivity index (χ0n) is 10.7. The van der Waals surface area contributed by atoms with Crippen molar-refractivity contribution in [2.45, 2.75) is 6.42 Å². The van der Waals surface area contributed by atoms with Gasteiger partial charge in [0, 0.05) is 21.7 Å². The Morgan fingerprint density at radius 3 is 2.80 bits per heavy atom. The van der Waals surface area contributed by atoms with E-state index in [1.807, 2.05) is 24.3 Å². The van der Waals surface area contributed by atoms with Crippen LogP contribution >= 0.6 is 27.5 Å². The molecule has 1 amide bonds. The predicted molar refractivity (Wildman–Crippen MR) is 86.0 cm³/mol. The lowest BCUT2D eigenvalue weighted by Crippen LogP contribution is -2.26. The van der Waals surface area contributed by atoms with E-state index in [-0.39, 0.29) is 5.91 Å². The Morgan fingerprint density at radius 2 is 2.05 bits per heavy atom. The SMILES string of the molecule is Nc1ccc(Br)c(C(=O)NCCc2cccc(Cl)c2)c1. The number of nitrogens with one attached hydrogen (secondary N) is 1. The highest BCUT2D eigenvalue weighted by Gasteiger charge is 2.09. The summed E-state index contributed by atoms with van der Waals surface area (Å²) in [6.07, 6.45) is 0.728. The summed E-state index contributed by atoms with van der Waals surface area (Å²) in [6, 6.07) is 12.8. The van der Waals surface area contributed by atoms with Gasteiger partial charge in [-0.1, -0.05) is 23.7 Å². The van der Waals surface area contributed by atoms with Gasteiger partial charge in [0.15, 0.2) is 0 Å². The smallest absolute Gasteiger partial charge is 0.252 e. The van der Waals surface area contributed by atoms with E-state index >= 15 is 0 Å². The van der Waals surface area contributed by atoms with E-state index in [9.17, 15) is 4.79 Å². The van der Waals surface area contributed by atoms with Gasteiger partial charge in [-0.25, -0.2) is 0 Å². The second-order valence-corrected chi connectivity index (χ2v) is 5.67. The van der Waals surface area contributed by atoms with Crippen molar-refractivity contribution in [3.05, 3.63) is 63.1 Å². The first-order chi connectivity index (χ1) is 9.56. The number of hydrogen-bond acceptors (Lipinski definition) is 2. The first-order valence-electron chi connectivity index (χ1n) is 6.14. The molecule has 0 aromatic heterocycles. The van der Waals surface area contributed by atoms with Crippen molar-refractivity contribution in [2.24, 2.45) is 0 Å². The highest BCUT2D eigenvalue weighted by molar-refractivity contribution is 9.10. The zero-order chi connectivity index (χ0) is 14.5. The molecule has 0 aliphatic heterocycles. The van der Waals surface area contributed by atoms with Crippen molar-refractivity contribution in [1.29, 1.82) is 0 Å². The Kier molecular flexibility index (Phi) is 5.04. The molecule has 0 aliphatic rings. The third kappa shape index (κ3) is 3.99. The lowest BCUT2D eigenvalue weighted by atomic mass is 10.1. The molecule has 0 fully saturated rings. The van der Waals surface area contributed by atoms with Crippen molar-refractivity contribution in [2.75, 3.05) is 12.3 Å². The number of anilines is 1. The van der Waals surface area contributed by atoms with E-state index in [1.54, 1.807) is 18.2 Å². The van der Waals surface area contributed by atoms with Gasteiger partial charge < -0.3 is 11.1 Å². The fourth-order valence-corrected chi connectivity index (χ4v) is 2.46. The summed E-state index contributed by atoms with van der Waals surface area (Å²) in [5.41, 5.74) is 7.87. The van der Waals surface area contributed by atoms with Crippen molar-refractivity contribution < 1.29 is 4.79 Å². The Labute approximate surface area is 131 Å².